The standard InChI is InChI=1S/C20H13N3O3S2/c24-13-5-3-4-12(10-13)11-17-19(26)23(20(27)28-17)9-8-16-18(25)22-15-7-2-1-6-14(15)21-16/h1-11,24H,(H,22,25)/b9-8-,17-11-. The molecule has 0 atom stereocenters. The number of rotatable bonds is 3. The molecule has 1 aliphatic rings. The number of aromatic amines is 1. The lowest BCUT2D eigenvalue weighted by Gasteiger charge is -2.07. The van der Waals surface area contributed by atoms with E-state index < -0.39 is 0 Å². The van der Waals surface area contributed by atoms with Gasteiger partial charge in [-0.1, -0.05) is 48.2 Å². The Bertz CT molecular complexity index is 1230. The van der Waals surface area contributed by atoms with Crippen molar-refractivity contribution in [3.8, 4) is 5.75 Å². The lowest BCUT2D eigenvalue weighted by atomic mass is 10.2. The summed E-state index contributed by atoms with van der Waals surface area (Å²) in [7, 11) is 0. The number of H-pyrrole nitrogens is 1. The molecule has 4 rings (SSSR count). The summed E-state index contributed by atoms with van der Waals surface area (Å²) in [4.78, 5) is 33.7. The molecule has 1 fully saturated rings. The Balaban J connectivity index is 1.62. The zero-order chi connectivity index (χ0) is 19.7. The third-order valence-corrected chi connectivity index (χ3v) is 5.33. The molecule has 0 unspecified atom stereocenters. The second-order valence-electron chi connectivity index (χ2n) is 5.93. The van der Waals surface area contributed by atoms with E-state index in [9.17, 15) is 14.7 Å². The van der Waals surface area contributed by atoms with Gasteiger partial charge in [-0.25, -0.2) is 4.98 Å². The van der Waals surface area contributed by atoms with Gasteiger partial charge in [0, 0.05) is 6.20 Å². The fourth-order valence-corrected chi connectivity index (χ4v) is 3.90. The second-order valence-corrected chi connectivity index (χ2v) is 7.61. The fourth-order valence-electron chi connectivity index (χ4n) is 2.68. The number of hydrogen-bond donors (Lipinski definition) is 2. The van der Waals surface area contributed by atoms with Gasteiger partial charge in [0.15, 0.2) is 4.32 Å². The molecular formula is C20H13N3O3S2. The first kappa shape index (κ1) is 18.1. The lowest BCUT2D eigenvalue weighted by Crippen LogP contribution is -2.22. The lowest BCUT2D eigenvalue weighted by molar-refractivity contribution is -0.120. The predicted molar refractivity (Wildman–Crippen MR) is 115 cm³/mol. The van der Waals surface area contributed by atoms with E-state index in [2.05, 4.69) is 9.97 Å². The van der Waals surface area contributed by atoms with Crippen molar-refractivity contribution in [2.75, 3.05) is 0 Å². The highest BCUT2D eigenvalue weighted by Gasteiger charge is 2.30. The molecular weight excluding hydrogens is 394 g/mol. The topological polar surface area (TPSA) is 86.3 Å². The first-order chi connectivity index (χ1) is 13.5. The number of aromatic hydroxyl groups is 1. The van der Waals surface area contributed by atoms with E-state index in [1.807, 2.05) is 12.1 Å². The van der Waals surface area contributed by atoms with Gasteiger partial charge < -0.3 is 10.1 Å². The van der Waals surface area contributed by atoms with E-state index in [4.69, 9.17) is 12.2 Å². The van der Waals surface area contributed by atoms with Gasteiger partial charge >= 0.3 is 0 Å². The normalized spacial score (nSPS) is 16.0. The van der Waals surface area contributed by atoms with E-state index in [1.54, 1.807) is 42.5 Å². The smallest absolute Gasteiger partial charge is 0.274 e. The van der Waals surface area contributed by atoms with Crippen LogP contribution in [0.25, 0.3) is 23.2 Å². The molecule has 1 aromatic heterocycles. The Morgan fingerprint density at radius 1 is 1.14 bits per heavy atom. The van der Waals surface area contributed by atoms with Crippen LogP contribution < -0.4 is 5.56 Å². The number of nitrogens with one attached hydrogen (secondary N) is 1. The van der Waals surface area contributed by atoms with Gasteiger partial charge in [-0.15, -0.1) is 0 Å². The fraction of sp³-hybridized carbons (Fsp3) is 0. The Hall–Kier alpha value is -3.23. The maximum Gasteiger partial charge on any atom is 0.274 e. The molecule has 0 saturated carbocycles. The van der Waals surface area contributed by atoms with Crippen LogP contribution in [-0.2, 0) is 4.79 Å². The average Bonchev–Trinajstić information content (AvgIpc) is 2.93. The van der Waals surface area contributed by atoms with Crippen LogP contribution in [0.3, 0.4) is 0 Å². The molecule has 2 aromatic carbocycles. The molecule has 2 N–H and O–H groups in total. The molecule has 1 aliphatic heterocycles. The summed E-state index contributed by atoms with van der Waals surface area (Å²) in [5.41, 5.74) is 1.82. The van der Waals surface area contributed by atoms with Crippen LogP contribution in [0.5, 0.6) is 5.75 Å². The van der Waals surface area contributed by atoms with Crippen molar-refractivity contribution in [2.24, 2.45) is 0 Å². The highest BCUT2D eigenvalue weighted by Crippen LogP contribution is 2.33. The minimum Gasteiger partial charge on any atom is -0.508 e. The summed E-state index contributed by atoms with van der Waals surface area (Å²) >= 11 is 6.44. The first-order valence-electron chi connectivity index (χ1n) is 8.24. The number of fused-ring (bicyclic) bond motifs is 1. The summed E-state index contributed by atoms with van der Waals surface area (Å²) in [6.45, 7) is 0. The van der Waals surface area contributed by atoms with Gasteiger partial charge in [0.05, 0.1) is 15.9 Å². The van der Waals surface area contributed by atoms with E-state index >= 15 is 0 Å². The predicted octanol–water partition coefficient (Wildman–Crippen LogP) is 3.50. The average molecular weight is 407 g/mol. The second kappa shape index (κ2) is 7.41. The van der Waals surface area contributed by atoms with Crippen LogP contribution in [0, 0.1) is 0 Å². The zero-order valence-electron chi connectivity index (χ0n) is 14.3. The van der Waals surface area contributed by atoms with Crippen LogP contribution in [0.15, 0.2) is 64.4 Å². The number of para-hydroxylation sites is 2. The zero-order valence-corrected chi connectivity index (χ0v) is 16.0. The van der Waals surface area contributed by atoms with Gasteiger partial charge in [-0.05, 0) is 42.0 Å². The number of thioether (sulfide) groups is 1. The van der Waals surface area contributed by atoms with E-state index in [1.165, 1.54) is 17.2 Å². The summed E-state index contributed by atoms with van der Waals surface area (Å²) in [5, 5.41) is 9.56. The number of hydrogen-bond acceptors (Lipinski definition) is 6. The van der Waals surface area contributed by atoms with Gasteiger partial charge in [0.25, 0.3) is 11.5 Å². The summed E-state index contributed by atoms with van der Waals surface area (Å²) in [6.07, 6.45) is 4.58. The largest absolute Gasteiger partial charge is 0.508 e. The number of carbonyl (C=O) groups excluding carboxylic acids is 1. The van der Waals surface area contributed by atoms with Crippen molar-refractivity contribution >= 4 is 57.4 Å². The summed E-state index contributed by atoms with van der Waals surface area (Å²) in [6, 6.07) is 13.8. The number of carbonyl (C=O) groups is 1. The Morgan fingerprint density at radius 2 is 1.96 bits per heavy atom. The number of thiocarbonyl (C=S) groups is 1. The van der Waals surface area contributed by atoms with E-state index in [-0.39, 0.29) is 22.9 Å². The van der Waals surface area contributed by atoms with E-state index in [0.717, 1.165) is 11.8 Å². The molecule has 6 nitrogen and oxygen atoms in total. The van der Waals surface area contributed by atoms with Crippen LogP contribution in [0.2, 0.25) is 0 Å². The van der Waals surface area contributed by atoms with Crippen molar-refractivity contribution in [3.05, 3.63) is 81.2 Å². The molecule has 2 heterocycles. The number of amides is 1. The molecule has 8 heteroatoms. The highest BCUT2D eigenvalue weighted by atomic mass is 32.2. The van der Waals surface area contributed by atoms with Crippen molar-refractivity contribution < 1.29 is 9.90 Å². The van der Waals surface area contributed by atoms with E-state index in [0.29, 0.717) is 25.8 Å². The van der Waals surface area contributed by atoms with Crippen molar-refractivity contribution in [3.63, 3.8) is 0 Å². The van der Waals surface area contributed by atoms with Crippen LogP contribution in [-0.4, -0.2) is 30.2 Å². The van der Waals surface area contributed by atoms with Crippen molar-refractivity contribution in [2.45, 2.75) is 0 Å². The van der Waals surface area contributed by atoms with Crippen molar-refractivity contribution in [1.29, 1.82) is 0 Å². The molecule has 0 bridgehead atoms. The maximum atomic E-state index is 12.7. The number of phenolic OH excluding ortho intramolecular Hbond substituents is 1. The molecule has 0 spiro atoms. The molecule has 1 amide bonds. The summed E-state index contributed by atoms with van der Waals surface area (Å²) < 4.78 is 0.352. The van der Waals surface area contributed by atoms with Gasteiger partial charge in [0.2, 0.25) is 0 Å². The van der Waals surface area contributed by atoms with Crippen LogP contribution in [0.1, 0.15) is 11.3 Å². The SMILES string of the molecule is O=C1/C(=C/c2cccc(O)c2)SC(=S)N1/C=C\c1nc2ccccc2[nH]c1=O. The number of nitrogens with zero attached hydrogens (tertiary/aromatic N) is 2. The number of phenols is 1. The molecule has 0 aliphatic carbocycles. The van der Waals surface area contributed by atoms with Crippen molar-refractivity contribution in [1.82, 2.24) is 14.9 Å². The molecule has 1 saturated heterocycles. The third-order valence-electron chi connectivity index (χ3n) is 4.00. The number of benzene rings is 2. The Morgan fingerprint density at radius 3 is 2.79 bits per heavy atom. The van der Waals surface area contributed by atoms with Gasteiger partial charge in [-0.3, -0.25) is 14.5 Å². The number of aromatic nitrogens is 2. The molecule has 3 aromatic rings. The van der Waals surface area contributed by atoms with Gasteiger partial charge in [-0.2, -0.15) is 0 Å². The highest BCUT2D eigenvalue weighted by molar-refractivity contribution is 8.26. The summed E-state index contributed by atoms with van der Waals surface area (Å²) in [5.74, 6) is -0.183. The van der Waals surface area contributed by atoms with Crippen LogP contribution in [0.4, 0.5) is 0 Å². The first-order valence-corrected chi connectivity index (χ1v) is 9.47. The monoisotopic (exact) mass is 407 g/mol. The minimum absolute atomic E-state index is 0.116. The quantitative estimate of drug-likeness (QED) is 0.511. The van der Waals surface area contributed by atoms with Crippen LogP contribution >= 0.6 is 24.0 Å². The molecule has 28 heavy (non-hydrogen) atoms. The minimum atomic E-state index is -0.351. The Labute approximate surface area is 169 Å². The molecule has 0 radical (unpaired) electrons. The Kier molecular flexibility index (Phi) is 4.81. The maximum absolute atomic E-state index is 12.7. The van der Waals surface area contributed by atoms with Gasteiger partial charge in [0.1, 0.15) is 11.4 Å². The molecule has 138 valence electrons. The third kappa shape index (κ3) is 3.60.